The first-order valence-corrected chi connectivity index (χ1v) is 6.65. The summed E-state index contributed by atoms with van der Waals surface area (Å²) in [5.74, 6) is -2.64. The van der Waals surface area contributed by atoms with Gasteiger partial charge in [0.15, 0.2) is 6.10 Å². The van der Waals surface area contributed by atoms with Gasteiger partial charge in [0.25, 0.3) is 5.91 Å². The van der Waals surface area contributed by atoms with E-state index in [0.717, 1.165) is 11.0 Å². The molecule has 1 amide bonds. The summed E-state index contributed by atoms with van der Waals surface area (Å²) in [5, 5.41) is 9.95. The van der Waals surface area contributed by atoms with Crippen LogP contribution in [0.5, 0.6) is 0 Å². The molecule has 23 heavy (non-hydrogen) atoms. The molecular weight excluding hydrogens is 319 g/mol. The fourth-order valence-electron chi connectivity index (χ4n) is 1.85. The van der Waals surface area contributed by atoms with Crippen molar-refractivity contribution in [2.75, 3.05) is 14.1 Å². The fourth-order valence-corrected chi connectivity index (χ4v) is 1.85. The number of furan rings is 1. The minimum atomic E-state index is -5.16. The first-order chi connectivity index (χ1) is 10.4. The van der Waals surface area contributed by atoms with Gasteiger partial charge < -0.3 is 19.2 Å². The average molecular weight is 337 g/mol. The van der Waals surface area contributed by atoms with Crippen LogP contribution < -0.4 is 0 Å². The van der Waals surface area contributed by atoms with E-state index in [4.69, 9.17) is 4.42 Å². The van der Waals surface area contributed by atoms with Crippen LogP contribution in [0.2, 0.25) is 0 Å². The number of carbonyl (C=O) groups excluding carboxylic acids is 2. The second-order valence-electron chi connectivity index (χ2n) is 5.31. The molecule has 1 aromatic heterocycles. The van der Waals surface area contributed by atoms with Crippen molar-refractivity contribution in [1.29, 1.82) is 0 Å². The molecule has 0 fully saturated rings. The fraction of sp³-hybridized carbons (Fsp3) is 0.571. The highest BCUT2D eigenvalue weighted by Crippen LogP contribution is 2.42. The monoisotopic (exact) mass is 337 g/mol. The molecule has 0 aromatic carbocycles. The smallest absolute Gasteiger partial charge is 0.425 e. The number of hydrogen-bond acceptors (Lipinski definition) is 5. The van der Waals surface area contributed by atoms with Gasteiger partial charge in [-0.2, -0.15) is 13.2 Å². The molecule has 130 valence electrons. The summed E-state index contributed by atoms with van der Waals surface area (Å²) in [6.07, 6.45) is -7.85. The van der Waals surface area contributed by atoms with Gasteiger partial charge in [-0.05, 0) is 26.0 Å². The van der Waals surface area contributed by atoms with Crippen molar-refractivity contribution in [1.82, 2.24) is 4.90 Å². The molecule has 1 rings (SSSR count). The topological polar surface area (TPSA) is 80.0 Å². The van der Waals surface area contributed by atoms with Gasteiger partial charge in [-0.3, -0.25) is 9.59 Å². The number of aryl methyl sites for hydroxylation is 1. The molecule has 0 aliphatic heterocycles. The van der Waals surface area contributed by atoms with Gasteiger partial charge in [-0.15, -0.1) is 0 Å². The zero-order valence-electron chi connectivity index (χ0n) is 13.1. The second-order valence-corrected chi connectivity index (χ2v) is 5.31. The van der Waals surface area contributed by atoms with Crippen LogP contribution in [0.3, 0.4) is 0 Å². The Balaban J connectivity index is 2.95. The lowest BCUT2D eigenvalue weighted by molar-refractivity contribution is -0.275. The minimum absolute atomic E-state index is 0.146. The molecule has 0 aliphatic carbocycles. The number of aliphatic hydroxyl groups is 1. The number of rotatable bonds is 5. The summed E-state index contributed by atoms with van der Waals surface area (Å²) in [6, 6.07) is 2.17. The normalized spacial score (nSPS) is 15.7. The lowest BCUT2D eigenvalue weighted by Gasteiger charge is -2.28. The van der Waals surface area contributed by atoms with E-state index in [0.29, 0.717) is 0 Å². The van der Waals surface area contributed by atoms with Gasteiger partial charge >= 0.3 is 12.1 Å². The van der Waals surface area contributed by atoms with Crippen molar-refractivity contribution < 1.29 is 37.0 Å². The predicted molar refractivity (Wildman–Crippen MR) is 72.3 cm³/mol. The van der Waals surface area contributed by atoms with E-state index in [1.165, 1.54) is 34.0 Å². The molecule has 6 nitrogen and oxygen atoms in total. The van der Waals surface area contributed by atoms with E-state index in [-0.39, 0.29) is 5.76 Å². The zero-order valence-corrected chi connectivity index (χ0v) is 13.1. The molecule has 1 aromatic rings. The number of nitrogens with zero attached hydrogens (tertiary/aromatic N) is 1. The number of hydrogen-bond donors (Lipinski definition) is 1. The molecule has 0 saturated heterocycles. The van der Waals surface area contributed by atoms with Crippen LogP contribution in [-0.4, -0.2) is 48.3 Å². The Bertz CT molecular complexity index is 581. The van der Waals surface area contributed by atoms with Crippen molar-refractivity contribution in [3.63, 3.8) is 0 Å². The number of halogens is 3. The van der Waals surface area contributed by atoms with E-state index >= 15 is 0 Å². The van der Waals surface area contributed by atoms with Crippen molar-refractivity contribution in [3.05, 3.63) is 23.7 Å². The SMILES string of the molecule is Cc1ccc([C@@](O)(CC(=O)O[C@@H](C)C(=O)N(C)C)C(F)(F)F)o1. The highest BCUT2D eigenvalue weighted by Gasteiger charge is 2.58. The lowest BCUT2D eigenvalue weighted by atomic mass is 9.96. The van der Waals surface area contributed by atoms with Gasteiger partial charge in [0.1, 0.15) is 11.5 Å². The van der Waals surface area contributed by atoms with Gasteiger partial charge in [-0.1, -0.05) is 0 Å². The number of carbonyl (C=O) groups is 2. The van der Waals surface area contributed by atoms with Crippen LogP contribution in [0, 0.1) is 6.92 Å². The second kappa shape index (κ2) is 6.61. The lowest BCUT2D eigenvalue weighted by Crippen LogP contribution is -2.45. The Morgan fingerprint density at radius 3 is 2.30 bits per heavy atom. The molecule has 0 aliphatic rings. The molecule has 0 unspecified atom stereocenters. The molecular formula is C14H18F3NO5. The Labute approximate surface area is 130 Å². The number of likely N-dealkylation sites (N-methyl/N-ethyl adjacent to an activating group) is 1. The largest absolute Gasteiger partial charge is 0.463 e. The van der Waals surface area contributed by atoms with Gasteiger partial charge in [0, 0.05) is 14.1 Å². The van der Waals surface area contributed by atoms with Crippen LogP contribution in [0.25, 0.3) is 0 Å². The standard InChI is InChI=1S/C14H18F3NO5/c1-8-5-6-10(22-8)13(21,14(15,16)17)7-11(19)23-9(2)12(20)18(3)4/h5-6,9,21H,7H2,1-4H3/t9-,13-/m0/s1. The molecule has 0 saturated carbocycles. The van der Waals surface area contributed by atoms with Gasteiger partial charge in [-0.25, -0.2) is 0 Å². The molecule has 0 radical (unpaired) electrons. The molecule has 0 bridgehead atoms. The number of ether oxygens (including phenoxy) is 1. The highest BCUT2D eigenvalue weighted by atomic mass is 19.4. The molecule has 9 heteroatoms. The van der Waals surface area contributed by atoms with Crippen molar-refractivity contribution in [3.8, 4) is 0 Å². The Hall–Kier alpha value is -2.03. The third kappa shape index (κ3) is 4.25. The van der Waals surface area contributed by atoms with Crippen LogP contribution in [0.4, 0.5) is 13.2 Å². The van der Waals surface area contributed by atoms with Crippen molar-refractivity contribution >= 4 is 11.9 Å². The average Bonchev–Trinajstić information content (AvgIpc) is 2.83. The van der Waals surface area contributed by atoms with Crippen LogP contribution >= 0.6 is 0 Å². The summed E-state index contributed by atoms with van der Waals surface area (Å²) in [6.45, 7) is 2.63. The minimum Gasteiger partial charge on any atom is -0.463 e. The summed E-state index contributed by atoms with van der Waals surface area (Å²) in [4.78, 5) is 24.4. The van der Waals surface area contributed by atoms with Gasteiger partial charge in [0.05, 0.1) is 6.42 Å². The Morgan fingerprint density at radius 1 is 1.35 bits per heavy atom. The first kappa shape index (κ1) is 19.0. The Morgan fingerprint density at radius 2 is 1.91 bits per heavy atom. The van der Waals surface area contributed by atoms with Gasteiger partial charge in [0.2, 0.25) is 5.60 Å². The maximum atomic E-state index is 13.2. The maximum Gasteiger partial charge on any atom is 0.425 e. The number of esters is 1. The van der Waals surface area contributed by atoms with E-state index < -0.39 is 41.9 Å². The number of alkyl halides is 3. The maximum absolute atomic E-state index is 13.2. The molecule has 2 atom stereocenters. The first-order valence-electron chi connectivity index (χ1n) is 6.65. The van der Waals surface area contributed by atoms with E-state index in [1.54, 1.807) is 0 Å². The highest BCUT2D eigenvalue weighted by molar-refractivity contribution is 5.83. The van der Waals surface area contributed by atoms with E-state index in [2.05, 4.69) is 4.74 Å². The predicted octanol–water partition coefficient (Wildman–Crippen LogP) is 1.75. The van der Waals surface area contributed by atoms with E-state index in [9.17, 15) is 27.9 Å². The summed E-state index contributed by atoms with van der Waals surface area (Å²) in [5.41, 5.74) is -3.53. The molecule has 0 spiro atoms. The van der Waals surface area contributed by atoms with E-state index in [1.807, 2.05) is 0 Å². The summed E-state index contributed by atoms with van der Waals surface area (Å²) < 4.78 is 49.0. The summed E-state index contributed by atoms with van der Waals surface area (Å²) in [7, 11) is 2.81. The van der Waals surface area contributed by atoms with Crippen LogP contribution in [0.15, 0.2) is 16.5 Å². The van der Waals surface area contributed by atoms with Crippen molar-refractivity contribution in [2.24, 2.45) is 0 Å². The quantitative estimate of drug-likeness (QED) is 0.828. The van der Waals surface area contributed by atoms with Crippen LogP contribution in [0.1, 0.15) is 24.9 Å². The molecule has 1 heterocycles. The summed E-state index contributed by atoms with van der Waals surface area (Å²) >= 11 is 0. The van der Waals surface area contributed by atoms with Crippen molar-refractivity contribution in [2.45, 2.75) is 38.1 Å². The van der Waals surface area contributed by atoms with Crippen LogP contribution in [-0.2, 0) is 19.9 Å². The molecule has 1 N–H and O–H groups in total. The number of amides is 1. The zero-order chi connectivity index (χ0) is 18.0. The third-order valence-corrected chi connectivity index (χ3v) is 3.11. The third-order valence-electron chi connectivity index (χ3n) is 3.11. The Kier molecular flexibility index (Phi) is 5.47.